The van der Waals surface area contributed by atoms with Crippen LogP contribution in [0.4, 0.5) is 4.39 Å². The number of benzene rings is 1. The largest absolute Gasteiger partial charge is 0.480 e. The Morgan fingerprint density at radius 2 is 2.06 bits per heavy atom. The molecule has 0 amide bonds. The van der Waals surface area contributed by atoms with Gasteiger partial charge in [0, 0.05) is 28.8 Å². The topological polar surface area (TPSA) is 74.7 Å². The number of rotatable bonds is 6. The van der Waals surface area contributed by atoms with Crippen LogP contribution in [0.25, 0.3) is 0 Å². The maximum Gasteiger partial charge on any atom is 0.323 e. The van der Waals surface area contributed by atoms with E-state index in [1.54, 1.807) is 42.2 Å². The molecule has 32 heavy (non-hydrogen) atoms. The molecule has 168 valence electrons. The average Bonchev–Trinajstić information content (AvgIpc) is 3.00. The van der Waals surface area contributed by atoms with Crippen molar-refractivity contribution in [3.63, 3.8) is 0 Å². The molecule has 2 aliphatic carbocycles. The van der Waals surface area contributed by atoms with Crippen molar-refractivity contribution in [2.24, 2.45) is 5.92 Å². The van der Waals surface area contributed by atoms with Crippen molar-refractivity contribution in [3.05, 3.63) is 86.9 Å². The second-order valence-corrected chi connectivity index (χ2v) is 10.4. The molecule has 1 heterocycles. The Bertz CT molecular complexity index is 1240. The molecule has 0 saturated heterocycles. The molecule has 0 fully saturated rings. The van der Waals surface area contributed by atoms with Crippen molar-refractivity contribution in [1.82, 2.24) is 4.90 Å². The van der Waals surface area contributed by atoms with Crippen LogP contribution in [0.2, 0.25) is 5.02 Å². The molecule has 0 spiro atoms. The third-order valence-corrected chi connectivity index (χ3v) is 8.17. The second kappa shape index (κ2) is 8.71. The van der Waals surface area contributed by atoms with Gasteiger partial charge in [-0.2, -0.15) is 0 Å². The number of carboxylic acid groups (broad SMARTS) is 1. The highest BCUT2D eigenvalue weighted by Crippen LogP contribution is 2.45. The summed E-state index contributed by atoms with van der Waals surface area (Å²) in [5.41, 5.74) is 2.79. The molecule has 1 atom stereocenters. The van der Waals surface area contributed by atoms with Gasteiger partial charge in [-0.1, -0.05) is 29.8 Å². The molecule has 1 aromatic rings. The number of halogens is 2. The van der Waals surface area contributed by atoms with Gasteiger partial charge in [0.2, 0.25) is 9.84 Å². The normalized spacial score (nSPS) is 20.7. The summed E-state index contributed by atoms with van der Waals surface area (Å²) in [6, 6.07) is 4.77. The van der Waals surface area contributed by atoms with E-state index in [0.717, 1.165) is 17.7 Å². The monoisotopic (exact) mass is 475 g/mol. The molecule has 1 N–H and O–H groups in total. The number of fused-ring (bicyclic) bond motifs is 1. The van der Waals surface area contributed by atoms with Crippen molar-refractivity contribution >= 4 is 27.4 Å². The maximum absolute atomic E-state index is 14.1. The number of nitrogens with zero attached hydrogens (tertiary/aromatic N) is 1. The van der Waals surface area contributed by atoms with Crippen LogP contribution in [0.15, 0.2) is 81.2 Å². The summed E-state index contributed by atoms with van der Waals surface area (Å²) in [6.07, 6.45) is 9.94. The highest BCUT2D eigenvalue weighted by atomic mass is 35.5. The van der Waals surface area contributed by atoms with Gasteiger partial charge >= 0.3 is 5.97 Å². The second-order valence-electron chi connectivity index (χ2n) is 8.07. The Morgan fingerprint density at radius 3 is 2.75 bits per heavy atom. The summed E-state index contributed by atoms with van der Waals surface area (Å²) in [4.78, 5) is 13.4. The molecular formula is C24H23ClFNO4S. The van der Waals surface area contributed by atoms with E-state index in [1.807, 2.05) is 6.08 Å². The first-order valence-corrected chi connectivity index (χ1v) is 12.2. The first-order valence-electron chi connectivity index (χ1n) is 10.3. The summed E-state index contributed by atoms with van der Waals surface area (Å²) < 4.78 is 40.9. The van der Waals surface area contributed by atoms with E-state index in [0.29, 0.717) is 22.7 Å². The number of carbonyl (C=O) groups is 1. The number of carboxylic acids is 1. The summed E-state index contributed by atoms with van der Waals surface area (Å²) in [5, 5.41) is 9.66. The first-order chi connectivity index (χ1) is 15.2. The fraction of sp³-hybridized carbons (Fsp3) is 0.292. The van der Waals surface area contributed by atoms with E-state index in [9.17, 15) is 22.7 Å². The van der Waals surface area contributed by atoms with E-state index >= 15 is 0 Å². The number of aliphatic carboxylic acids is 1. The SMILES string of the molecule is CC1=C(Cc2ccc(Cl)cc2S(=O)(=O)C2=CCCC=C2)C2CC(F)=CC=C2N1CC(=O)O. The summed E-state index contributed by atoms with van der Waals surface area (Å²) in [7, 11) is -3.79. The van der Waals surface area contributed by atoms with Crippen molar-refractivity contribution in [2.75, 3.05) is 6.54 Å². The molecule has 5 nitrogen and oxygen atoms in total. The molecule has 0 aromatic heterocycles. The standard InChI is InChI=1S/C24H23ClFNO4S/c1-15-20(21-13-18(26)9-10-22(21)27(15)14-24(28)29)11-16-7-8-17(25)12-23(16)32(30,31)19-5-3-2-4-6-19/h3,5-10,12,21H,2,4,11,13-14H2,1H3,(H,28,29). The van der Waals surface area contributed by atoms with Crippen LogP contribution in [-0.4, -0.2) is 30.9 Å². The lowest BCUT2D eigenvalue weighted by molar-refractivity contribution is -0.137. The van der Waals surface area contributed by atoms with Crippen LogP contribution in [0.1, 0.15) is 31.7 Å². The molecule has 0 radical (unpaired) electrons. The molecule has 1 unspecified atom stereocenters. The zero-order valence-electron chi connectivity index (χ0n) is 17.5. The lowest BCUT2D eigenvalue weighted by atomic mass is 9.87. The fourth-order valence-electron chi connectivity index (χ4n) is 4.50. The molecule has 3 aliphatic rings. The Balaban J connectivity index is 1.77. The minimum absolute atomic E-state index is 0.122. The predicted molar refractivity (Wildman–Crippen MR) is 121 cm³/mol. The van der Waals surface area contributed by atoms with Crippen molar-refractivity contribution in [2.45, 2.75) is 37.5 Å². The lowest BCUT2D eigenvalue weighted by Gasteiger charge is -2.24. The van der Waals surface area contributed by atoms with Crippen LogP contribution in [-0.2, 0) is 21.1 Å². The Hall–Kier alpha value is -2.64. The van der Waals surface area contributed by atoms with E-state index in [2.05, 4.69) is 0 Å². The van der Waals surface area contributed by atoms with Crippen LogP contribution in [0.3, 0.4) is 0 Å². The van der Waals surface area contributed by atoms with Gasteiger partial charge < -0.3 is 10.0 Å². The van der Waals surface area contributed by atoms with Crippen LogP contribution in [0.5, 0.6) is 0 Å². The molecule has 8 heteroatoms. The molecular weight excluding hydrogens is 453 g/mol. The number of hydrogen-bond acceptors (Lipinski definition) is 4. The minimum atomic E-state index is -3.79. The van der Waals surface area contributed by atoms with Crippen molar-refractivity contribution in [1.29, 1.82) is 0 Å². The van der Waals surface area contributed by atoms with Gasteiger partial charge in [0.15, 0.2) is 0 Å². The summed E-state index contributed by atoms with van der Waals surface area (Å²) in [6.45, 7) is 1.56. The lowest BCUT2D eigenvalue weighted by Crippen LogP contribution is -2.26. The van der Waals surface area contributed by atoms with E-state index < -0.39 is 15.8 Å². The third kappa shape index (κ3) is 4.19. The number of sulfone groups is 1. The van der Waals surface area contributed by atoms with Crippen LogP contribution < -0.4 is 0 Å². The Labute approximate surface area is 191 Å². The quantitative estimate of drug-likeness (QED) is 0.602. The molecule has 1 aliphatic heterocycles. The molecule has 4 rings (SSSR count). The smallest absolute Gasteiger partial charge is 0.323 e. The van der Waals surface area contributed by atoms with Gasteiger partial charge in [-0.05, 0) is 67.7 Å². The number of hydrogen-bond donors (Lipinski definition) is 1. The zero-order chi connectivity index (χ0) is 23.0. The van der Waals surface area contributed by atoms with Gasteiger partial charge in [-0.25, -0.2) is 12.8 Å². The highest BCUT2D eigenvalue weighted by Gasteiger charge is 2.37. The van der Waals surface area contributed by atoms with E-state index in [-0.39, 0.29) is 40.9 Å². The Kier molecular flexibility index (Phi) is 6.14. The average molecular weight is 476 g/mol. The highest BCUT2D eigenvalue weighted by molar-refractivity contribution is 7.95. The molecule has 1 aromatic carbocycles. The summed E-state index contributed by atoms with van der Waals surface area (Å²) in [5.74, 6) is -1.62. The van der Waals surface area contributed by atoms with Gasteiger partial charge in [-0.15, -0.1) is 0 Å². The van der Waals surface area contributed by atoms with Crippen molar-refractivity contribution in [3.8, 4) is 0 Å². The maximum atomic E-state index is 14.1. The van der Waals surface area contributed by atoms with Crippen LogP contribution in [0, 0.1) is 5.92 Å². The molecule has 0 saturated carbocycles. The van der Waals surface area contributed by atoms with Gasteiger partial charge in [0.25, 0.3) is 0 Å². The molecule has 0 bridgehead atoms. The van der Waals surface area contributed by atoms with Gasteiger partial charge in [0.05, 0.1) is 9.80 Å². The zero-order valence-corrected chi connectivity index (χ0v) is 19.1. The fourth-order valence-corrected chi connectivity index (χ4v) is 6.37. The van der Waals surface area contributed by atoms with E-state index in [4.69, 9.17) is 11.6 Å². The Morgan fingerprint density at radius 1 is 1.28 bits per heavy atom. The first kappa shape index (κ1) is 22.6. The van der Waals surface area contributed by atoms with E-state index in [1.165, 1.54) is 12.1 Å². The number of allylic oxidation sites excluding steroid dienone is 8. The minimum Gasteiger partial charge on any atom is -0.480 e. The van der Waals surface area contributed by atoms with Gasteiger partial charge in [0.1, 0.15) is 12.4 Å². The summed E-state index contributed by atoms with van der Waals surface area (Å²) >= 11 is 6.16. The van der Waals surface area contributed by atoms with Crippen LogP contribution >= 0.6 is 11.6 Å². The van der Waals surface area contributed by atoms with Crippen molar-refractivity contribution < 1.29 is 22.7 Å². The van der Waals surface area contributed by atoms with Gasteiger partial charge in [-0.3, -0.25) is 4.79 Å². The predicted octanol–water partition coefficient (Wildman–Crippen LogP) is 5.32. The third-order valence-electron chi connectivity index (χ3n) is 6.06.